The maximum Gasteiger partial charge on any atom is 0.183 e. The smallest absolute Gasteiger partial charge is 0.183 e. The molecule has 0 amide bonds. The third-order valence-corrected chi connectivity index (χ3v) is 2.74. The van der Waals surface area contributed by atoms with Crippen LogP contribution in [0.2, 0.25) is 0 Å². The van der Waals surface area contributed by atoms with Crippen molar-refractivity contribution in [2.24, 2.45) is 0 Å². The molecule has 0 aromatic rings. The molecule has 78 valence electrons. The van der Waals surface area contributed by atoms with E-state index in [0.717, 1.165) is 0 Å². The van der Waals surface area contributed by atoms with Gasteiger partial charge in [-0.3, -0.25) is 0 Å². The highest BCUT2D eigenvalue weighted by Gasteiger charge is 2.29. The van der Waals surface area contributed by atoms with Crippen molar-refractivity contribution in [1.82, 2.24) is 0 Å². The van der Waals surface area contributed by atoms with Crippen molar-refractivity contribution < 1.29 is 20.3 Å². The predicted molar refractivity (Wildman–Crippen MR) is 53.5 cm³/mol. The van der Waals surface area contributed by atoms with Crippen LogP contribution in [-0.4, -0.2) is 44.1 Å². The van der Waals surface area contributed by atoms with E-state index in [4.69, 9.17) is 27.2 Å². The molecule has 1 aliphatic rings. The molecule has 1 fully saturated rings. The zero-order valence-corrected chi connectivity index (χ0v) is 9.38. The first-order valence-electron chi connectivity index (χ1n) is 4.55. The molecule has 0 aromatic heterocycles. The molecule has 1 N–H and O–H groups in total. The van der Waals surface area contributed by atoms with Crippen LogP contribution in [0.4, 0.5) is 0 Å². The summed E-state index contributed by atoms with van der Waals surface area (Å²) in [5.41, 5.74) is 0. The molecule has 4 atom stereocenters. The van der Waals surface area contributed by atoms with Crippen molar-refractivity contribution in [2.45, 2.75) is 18.6 Å². The first-order chi connectivity index (χ1) is 6.42. The zero-order valence-electron chi connectivity index (χ0n) is 8.67. The maximum atomic E-state index is 9.26. The third kappa shape index (κ3) is 4.02. The Labute approximate surface area is 84.8 Å². The highest BCUT2D eigenvalue weighted by atomic mass is 32.5. The Morgan fingerprint density at radius 2 is 2.54 bits per heavy atom. The average Bonchev–Trinajstić information content (AvgIpc) is 2.41. The van der Waals surface area contributed by atoms with Crippen molar-refractivity contribution in [1.29, 1.82) is 0 Å². The van der Waals surface area contributed by atoms with Crippen LogP contribution in [0.25, 0.3) is 0 Å². The zero-order chi connectivity index (χ0) is 10.8. The van der Waals surface area contributed by atoms with E-state index < -0.39 is 13.1 Å². The van der Waals surface area contributed by atoms with Crippen LogP contribution < -0.4 is 0 Å². The molecular formula is C7H15O4PS. The van der Waals surface area contributed by atoms with Gasteiger partial charge in [0, 0.05) is 20.4 Å². The quantitative estimate of drug-likeness (QED) is 0.719. The molecule has 0 saturated carbocycles. The monoisotopic (exact) mass is 228 g/mol. The van der Waals surface area contributed by atoms with E-state index in [1.807, 2.05) is 0 Å². The van der Waals surface area contributed by atoms with Crippen LogP contribution in [0.15, 0.2) is 0 Å². The summed E-state index contributed by atoms with van der Waals surface area (Å²) in [5.74, 6) is 0. The Morgan fingerprint density at radius 1 is 1.85 bits per heavy atom. The van der Waals surface area contributed by atoms with Crippen molar-refractivity contribution in [3.63, 3.8) is 0 Å². The fourth-order valence-corrected chi connectivity index (χ4v) is 1.73. The largest absolute Gasteiger partial charge is 0.379 e. The van der Waals surface area contributed by atoms with Crippen LogP contribution in [0, 0.1) is 0 Å². The van der Waals surface area contributed by atoms with E-state index in [1.165, 1.54) is 6.66 Å². The van der Waals surface area contributed by atoms with Crippen molar-refractivity contribution in [3.05, 3.63) is 0 Å². The lowest BCUT2D eigenvalue weighted by Crippen LogP contribution is -2.27. The molecule has 4 nitrogen and oxygen atoms in total. The Balaban J connectivity index is 2.40. The molecule has 0 bridgehead atoms. The van der Waals surface area contributed by atoms with E-state index in [1.54, 1.807) is 7.11 Å². The van der Waals surface area contributed by atoms with Crippen LogP contribution in [0.5, 0.6) is 0 Å². The van der Waals surface area contributed by atoms with Crippen molar-refractivity contribution >= 4 is 18.3 Å². The maximum absolute atomic E-state index is 9.26. The minimum absolute atomic E-state index is 0.140. The van der Waals surface area contributed by atoms with Crippen LogP contribution in [0.3, 0.4) is 0 Å². The third-order valence-electron chi connectivity index (χ3n) is 1.80. The highest BCUT2D eigenvalue weighted by molar-refractivity contribution is 8.09. The highest BCUT2D eigenvalue weighted by Crippen LogP contribution is 2.37. The molecule has 0 aliphatic carbocycles. The Morgan fingerprint density at radius 3 is 3.08 bits per heavy atom. The minimum Gasteiger partial charge on any atom is -0.379 e. The van der Waals surface area contributed by atoms with Gasteiger partial charge in [0.2, 0.25) is 0 Å². The van der Waals surface area contributed by atoms with Gasteiger partial charge in [0.1, 0.15) is 6.10 Å². The number of methoxy groups -OCH3 is 1. The predicted octanol–water partition coefficient (Wildman–Crippen LogP) is 0.738. The van der Waals surface area contributed by atoms with E-state index in [9.17, 15) is 4.89 Å². The molecule has 1 saturated heterocycles. The number of rotatable bonds is 4. The van der Waals surface area contributed by atoms with Crippen molar-refractivity contribution in [3.8, 4) is 0 Å². The first kappa shape index (κ1) is 10.0. The number of ether oxygens (including phenoxy) is 2. The molecular weight excluding hydrogens is 211 g/mol. The van der Waals surface area contributed by atoms with Gasteiger partial charge in [0.15, 0.2) is 6.49 Å². The van der Waals surface area contributed by atoms with Crippen molar-refractivity contribution in [2.75, 3.05) is 27.0 Å². The number of hydrogen-bond acceptors (Lipinski definition) is 4. The molecule has 13 heavy (non-hydrogen) atoms. The summed E-state index contributed by atoms with van der Waals surface area (Å²) < 4.78 is 22.8. The summed E-state index contributed by atoms with van der Waals surface area (Å²) in [6.07, 6.45) is 0.0960. The second-order valence-corrected chi connectivity index (χ2v) is 6.85. The molecule has 6 heteroatoms. The van der Waals surface area contributed by atoms with Gasteiger partial charge in [-0.25, -0.2) is 0 Å². The van der Waals surface area contributed by atoms with Gasteiger partial charge in [-0.1, -0.05) is 0 Å². The van der Waals surface area contributed by atoms with Gasteiger partial charge in [-0.2, -0.15) is 0 Å². The van der Waals surface area contributed by atoms with Gasteiger partial charge < -0.3 is 18.9 Å². The average molecular weight is 228 g/mol. The molecule has 2 unspecified atom stereocenters. The van der Waals surface area contributed by atoms with Crippen LogP contribution in [0.1, 0.15) is 7.79 Å². The molecule has 1 rings (SSSR count). The lowest BCUT2D eigenvalue weighted by atomic mass is 10.2. The second-order valence-electron chi connectivity index (χ2n) is 2.95. The van der Waals surface area contributed by atoms with Gasteiger partial charge in [-0.05, 0) is 18.2 Å². The lowest BCUT2D eigenvalue weighted by molar-refractivity contribution is -0.00840. The number of hydrogen-bond donors (Lipinski definition) is 1. The normalized spacial score (nSPS) is 39.9. The van der Waals surface area contributed by atoms with Gasteiger partial charge in [0.05, 0.1) is 14.1 Å². The summed E-state index contributed by atoms with van der Waals surface area (Å²) in [7, 11) is 1.57. The van der Waals surface area contributed by atoms with Gasteiger partial charge in [0.25, 0.3) is 0 Å². The van der Waals surface area contributed by atoms with Crippen LogP contribution in [-0.2, 0) is 25.8 Å². The van der Waals surface area contributed by atoms with E-state index >= 15 is 0 Å². The summed E-state index contributed by atoms with van der Waals surface area (Å²) >= 11 is 4.73. The lowest BCUT2D eigenvalue weighted by Gasteiger charge is -2.19. The fourth-order valence-electron chi connectivity index (χ4n) is 1.12. The summed E-state index contributed by atoms with van der Waals surface area (Å²) in [6, 6.07) is 0. The summed E-state index contributed by atoms with van der Waals surface area (Å²) in [6.45, 7) is -1.53. The second kappa shape index (κ2) is 4.82. The molecule has 0 spiro atoms. The summed E-state index contributed by atoms with van der Waals surface area (Å²) in [5, 5.41) is 0. The topological polar surface area (TPSA) is 47.9 Å². The Bertz CT molecular complexity index is 234. The summed E-state index contributed by atoms with van der Waals surface area (Å²) in [4.78, 5) is 9.26. The van der Waals surface area contributed by atoms with E-state index in [2.05, 4.69) is 0 Å². The van der Waals surface area contributed by atoms with E-state index in [-0.39, 0.29) is 18.8 Å². The molecule has 0 aromatic carbocycles. The standard InChI is InChI=1S/C7H15O4PS/c1-9-6-3-4-10-7(6)5-11-12(2,8)13/h6-7H,3-5H2,1-2H3,(H,8,13)/t6?,7-,12?/m1/s1/i4T/t4-,6?,7+,12?/m0. The molecule has 1 heterocycles. The first-order valence-corrected chi connectivity index (χ1v) is 7.09. The SMILES string of the molecule is [3H][C@H]1CC(OC)[C@@H](COP(C)(O)=S)O1. The Hall–Kier alpha value is 0.490. The van der Waals surface area contributed by atoms with Gasteiger partial charge >= 0.3 is 0 Å². The Kier molecular flexibility index (Phi) is 3.72. The van der Waals surface area contributed by atoms with Gasteiger partial charge in [-0.15, -0.1) is 0 Å². The minimum atomic E-state index is -2.64. The van der Waals surface area contributed by atoms with Crippen LogP contribution >= 0.6 is 6.49 Å². The van der Waals surface area contributed by atoms with E-state index in [0.29, 0.717) is 6.42 Å². The molecule has 0 radical (unpaired) electrons. The fraction of sp³-hybridized carbons (Fsp3) is 1.00. The molecule has 1 aliphatic heterocycles.